The maximum atomic E-state index is 5.69. The first-order chi connectivity index (χ1) is 8.72. The highest BCUT2D eigenvalue weighted by molar-refractivity contribution is 7.99. The van der Waals surface area contributed by atoms with Crippen molar-refractivity contribution in [3.05, 3.63) is 41.9 Å². The number of ether oxygens (including phenoxy) is 1. The number of rotatable bonds is 4. The highest BCUT2D eigenvalue weighted by Crippen LogP contribution is 2.30. The predicted molar refractivity (Wildman–Crippen MR) is 71.8 cm³/mol. The molecule has 0 bridgehead atoms. The molecule has 0 amide bonds. The number of aromatic nitrogens is 2. The van der Waals surface area contributed by atoms with E-state index >= 15 is 0 Å². The summed E-state index contributed by atoms with van der Waals surface area (Å²) in [5.74, 6) is 1.58. The van der Waals surface area contributed by atoms with Crippen LogP contribution in [0.1, 0.15) is 11.4 Å². The lowest BCUT2D eigenvalue weighted by Crippen LogP contribution is -2.02. The molecular weight excluding hydrogens is 246 g/mol. The Morgan fingerprint density at radius 1 is 1.39 bits per heavy atom. The van der Waals surface area contributed by atoms with Crippen molar-refractivity contribution < 1.29 is 4.74 Å². The smallest absolute Gasteiger partial charge is 0.126 e. The Kier molecular flexibility index (Phi) is 4.17. The first-order valence-corrected chi connectivity index (χ1v) is 6.39. The van der Waals surface area contributed by atoms with Crippen molar-refractivity contribution in [2.24, 2.45) is 5.73 Å². The molecule has 0 atom stereocenters. The molecule has 18 heavy (non-hydrogen) atoms. The third kappa shape index (κ3) is 3.00. The van der Waals surface area contributed by atoms with E-state index in [1.807, 2.05) is 31.2 Å². The SMILES string of the molecule is COc1cccc(Sc2nc(C)ncc2CN)c1. The average molecular weight is 261 g/mol. The van der Waals surface area contributed by atoms with E-state index in [0.29, 0.717) is 6.54 Å². The van der Waals surface area contributed by atoms with Gasteiger partial charge in [0.1, 0.15) is 16.6 Å². The van der Waals surface area contributed by atoms with Crippen LogP contribution in [-0.2, 0) is 6.54 Å². The Morgan fingerprint density at radius 2 is 2.22 bits per heavy atom. The Hall–Kier alpha value is -1.59. The van der Waals surface area contributed by atoms with Crippen LogP contribution in [0.5, 0.6) is 5.75 Å². The van der Waals surface area contributed by atoms with E-state index in [1.165, 1.54) is 0 Å². The fourth-order valence-electron chi connectivity index (χ4n) is 1.48. The van der Waals surface area contributed by atoms with Gasteiger partial charge in [-0.2, -0.15) is 0 Å². The normalized spacial score (nSPS) is 10.4. The van der Waals surface area contributed by atoms with E-state index in [9.17, 15) is 0 Å². The van der Waals surface area contributed by atoms with Crippen molar-refractivity contribution >= 4 is 11.8 Å². The van der Waals surface area contributed by atoms with Gasteiger partial charge in [-0.1, -0.05) is 17.8 Å². The van der Waals surface area contributed by atoms with Gasteiger partial charge in [0.25, 0.3) is 0 Å². The number of hydrogen-bond donors (Lipinski definition) is 1. The Morgan fingerprint density at radius 3 is 2.94 bits per heavy atom. The maximum absolute atomic E-state index is 5.69. The summed E-state index contributed by atoms with van der Waals surface area (Å²) in [6.45, 7) is 2.31. The first-order valence-electron chi connectivity index (χ1n) is 5.57. The molecule has 0 saturated heterocycles. The molecule has 2 rings (SSSR count). The highest BCUT2D eigenvalue weighted by Gasteiger charge is 2.07. The summed E-state index contributed by atoms with van der Waals surface area (Å²) >= 11 is 1.57. The molecule has 0 fully saturated rings. The maximum Gasteiger partial charge on any atom is 0.126 e. The molecule has 0 radical (unpaired) electrons. The second-order valence-electron chi connectivity index (χ2n) is 3.73. The van der Waals surface area contributed by atoms with Crippen LogP contribution >= 0.6 is 11.8 Å². The van der Waals surface area contributed by atoms with Crippen molar-refractivity contribution in [3.8, 4) is 5.75 Å². The van der Waals surface area contributed by atoms with Gasteiger partial charge in [-0.25, -0.2) is 9.97 Å². The van der Waals surface area contributed by atoms with Crippen molar-refractivity contribution in [3.63, 3.8) is 0 Å². The summed E-state index contributed by atoms with van der Waals surface area (Å²) in [4.78, 5) is 9.65. The molecule has 94 valence electrons. The van der Waals surface area contributed by atoms with Gasteiger partial charge in [0, 0.05) is 23.2 Å². The molecule has 4 nitrogen and oxygen atoms in total. The quantitative estimate of drug-likeness (QED) is 0.856. The molecule has 0 aliphatic rings. The average Bonchev–Trinajstić information content (AvgIpc) is 2.39. The van der Waals surface area contributed by atoms with Crippen LogP contribution in [0, 0.1) is 6.92 Å². The van der Waals surface area contributed by atoms with Gasteiger partial charge in [0.15, 0.2) is 0 Å². The third-order valence-corrected chi connectivity index (χ3v) is 3.46. The third-order valence-electron chi connectivity index (χ3n) is 2.42. The predicted octanol–water partition coefficient (Wildman–Crippen LogP) is 2.40. The molecule has 5 heteroatoms. The number of nitrogens with two attached hydrogens (primary N) is 1. The number of hydrogen-bond acceptors (Lipinski definition) is 5. The Balaban J connectivity index is 2.29. The second kappa shape index (κ2) is 5.84. The molecule has 1 aromatic carbocycles. The van der Waals surface area contributed by atoms with Crippen LogP contribution in [-0.4, -0.2) is 17.1 Å². The molecular formula is C13H15N3OS. The van der Waals surface area contributed by atoms with E-state index in [1.54, 1.807) is 25.1 Å². The Labute approximate surface area is 111 Å². The number of benzene rings is 1. The fourth-order valence-corrected chi connectivity index (χ4v) is 2.47. The molecule has 0 spiro atoms. The van der Waals surface area contributed by atoms with Gasteiger partial charge in [-0.15, -0.1) is 0 Å². The van der Waals surface area contributed by atoms with Gasteiger partial charge in [0.2, 0.25) is 0 Å². The van der Waals surface area contributed by atoms with Gasteiger partial charge in [-0.05, 0) is 25.1 Å². The summed E-state index contributed by atoms with van der Waals surface area (Å²) in [5, 5.41) is 0.901. The van der Waals surface area contributed by atoms with Crippen molar-refractivity contribution in [2.75, 3.05) is 7.11 Å². The van der Waals surface area contributed by atoms with E-state index in [4.69, 9.17) is 10.5 Å². The molecule has 2 aromatic rings. The summed E-state index contributed by atoms with van der Waals surface area (Å²) < 4.78 is 5.20. The van der Waals surface area contributed by atoms with Gasteiger partial charge in [0.05, 0.1) is 7.11 Å². The minimum atomic E-state index is 0.437. The highest BCUT2D eigenvalue weighted by atomic mass is 32.2. The summed E-state index contributed by atoms with van der Waals surface area (Å²) in [5.41, 5.74) is 6.64. The monoisotopic (exact) mass is 261 g/mol. The first kappa shape index (κ1) is 12.9. The van der Waals surface area contributed by atoms with Crippen molar-refractivity contribution in [2.45, 2.75) is 23.4 Å². The zero-order valence-corrected chi connectivity index (χ0v) is 11.2. The zero-order chi connectivity index (χ0) is 13.0. The topological polar surface area (TPSA) is 61.0 Å². The van der Waals surface area contributed by atoms with Crippen LogP contribution in [0.3, 0.4) is 0 Å². The molecule has 0 unspecified atom stereocenters. The number of nitrogens with zero attached hydrogens (tertiary/aromatic N) is 2. The fraction of sp³-hybridized carbons (Fsp3) is 0.231. The Bertz CT molecular complexity index is 546. The number of aryl methyl sites for hydroxylation is 1. The minimum Gasteiger partial charge on any atom is -0.497 e. The van der Waals surface area contributed by atoms with E-state index < -0.39 is 0 Å². The lowest BCUT2D eigenvalue weighted by atomic mass is 10.3. The summed E-state index contributed by atoms with van der Waals surface area (Å²) in [7, 11) is 1.66. The van der Waals surface area contributed by atoms with Gasteiger partial charge >= 0.3 is 0 Å². The van der Waals surface area contributed by atoms with Crippen LogP contribution < -0.4 is 10.5 Å². The summed E-state index contributed by atoms with van der Waals surface area (Å²) in [6.07, 6.45) is 1.78. The van der Waals surface area contributed by atoms with Gasteiger partial charge in [-0.3, -0.25) is 0 Å². The molecule has 0 saturated carbocycles. The van der Waals surface area contributed by atoms with Crippen LogP contribution in [0.4, 0.5) is 0 Å². The van der Waals surface area contributed by atoms with Crippen LogP contribution in [0.25, 0.3) is 0 Å². The van der Waals surface area contributed by atoms with Crippen molar-refractivity contribution in [1.82, 2.24) is 9.97 Å². The molecule has 1 heterocycles. The largest absolute Gasteiger partial charge is 0.497 e. The minimum absolute atomic E-state index is 0.437. The van der Waals surface area contributed by atoms with Crippen LogP contribution in [0.2, 0.25) is 0 Å². The lowest BCUT2D eigenvalue weighted by Gasteiger charge is -2.07. The molecule has 0 aliphatic carbocycles. The van der Waals surface area contributed by atoms with E-state index in [0.717, 1.165) is 27.1 Å². The van der Waals surface area contributed by atoms with Gasteiger partial charge < -0.3 is 10.5 Å². The lowest BCUT2D eigenvalue weighted by molar-refractivity contribution is 0.413. The zero-order valence-electron chi connectivity index (χ0n) is 10.4. The van der Waals surface area contributed by atoms with E-state index in [-0.39, 0.29) is 0 Å². The summed E-state index contributed by atoms with van der Waals surface area (Å²) in [6, 6.07) is 7.86. The molecule has 1 aromatic heterocycles. The standard InChI is InChI=1S/C13H15N3OS/c1-9-15-8-10(7-14)13(16-9)18-12-5-3-4-11(6-12)17-2/h3-6,8H,7,14H2,1-2H3. The number of methoxy groups -OCH3 is 1. The molecule has 0 aliphatic heterocycles. The van der Waals surface area contributed by atoms with Crippen molar-refractivity contribution in [1.29, 1.82) is 0 Å². The van der Waals surface area contributed by atoms with E-state index in [2.05, 4.69) is 9.97 Å². The second-order valence-corrected chi connectivity index (χ2v) is 4.80. The van der Waals surface area contributed by atoms with Crippen LogP contribution in [0.15, 0.2) is 40.4 Å². The molecule has 2 N–H and O–H groups in total.